The van der Waals surface area contributed by atoms with Crippen LogP contribution in [0, 0.1) is 5.92 Å². The monoisotopic (exact) mass is 700 g/mol. The minimum atomic E-state index is -1.28. The summed E-state index contributed by atoms with van der Waals surface area (Å²) in [6.45, 7) is 8.60. The van der Waals surface area contributed by atoms with Gasteiger partial charge >= 0.3 is 18.3 Å². The molecule has 1 fully saturated rings. The van der Waals surface area contributed by atoms with Crippen LogP contribution >= 0.6 is 0 Å². The van der Waals surface area contributed by atoms with E-state index in [0.717, 1.165) is 37.8 Å². The van der Waals surface area contributed by atoms with Crippen molar-refractivity contribution >= 4 is 24.2 Å². The van der Waals surface area contributed by atoms with Gasteiger partial charge in [0.2, 0.25) is 5.91 Å². The van der Waals surface area contributed by atoms with E-state index in [1.165, 1.54) is 0 Å². The molecule has 0 spiro atoms. The van der Waals surface area contributed by atoms with E-state index >= 15 is 0 Å². The van der Waals surface area contributed by atoms with Gasteiger partial charge in [0.1, 0.15) is 24.9 Å². The van der Waals surface area contributed by atoms with Gasteiger partial charge in [0.15, 0.2) is 0 Å². The second-order valence-corrected chi connectivity index (χ2v) is 14.3. The van der Waals surface area contributed by atoms with E-state index in [1.54, 1.807) is 32.9 Å². The predicted octanol–water partition coefficient (Wildman–Crippen LogP) is 5.98. The summed E-state index contributed by atoms with van der Waals surface area (Å²) in [4.78, 5) is 53.4. The summed E-state index contributed by atoms with van der Waals surface area (Å²) in [5.41, 5.74) is 4.25. The lowest BCUT2D eigenvalue weighted by Crippen LogP contribution is -2.55. The van der Waals surface area contributed by atoms with Crippen LogP contribution in [0.2, 0.25) is 0 Å². The highest BCUT2D eigenvalue weighted by Crippen LogP contribution is 2.44. The number of ether oxygens (including phenoxy) is 3. The Morgan fingerprint density at radius 2 is 1.45 bits per heavy atom. The third-order valence-corrected chi connectivity index (χ3v) is 8.77. The Labute approximate surface area is 299 Å². The molecule has 12 nitrogen and oxygen atoms in total. The Morgan fingerprint density at radius 3 is 2.06 bits per heavy atom. The molecule has 0 aromatic heterocycles. The number of fused-ring (bicyclic) bond motifs is 3. The molecule has 0 bridgehead atoms. The number of β-amino-alcohol motifs (C(OH)–C–C–N with tert-alkyl or cyclic N) is 1. The smallest absolute Gasteiger partial charge is 0.429 e. The molecule has 51 heavy (non-hydrogen) atoms. The van der Waals surface area contributed by atoms with Gasteiger partial charge in [-0.25, -0.2) is 24.4 Å². The van der Waals surface area contributed by atoms with Crippen LogP contribution < -0.4 is 10.6 Å². The van der Waals surface area contributed by atoms with Crippen molar-refractivity contribution in [1.82, 2.24) is 20.7 Å². The van der Waals surface area contributed by atoms with Crippen LogP contribution in [0.15, 0.2) is 78.9 Å². The summed E-state index contributed by atoms with van der Waals surface area (Å²) in [6, 6.07) is 23.3. The van der Waals surface area contributed by atoms with Crippen molar-refractivity contribution in [1.29, 1.82) is 0 Å². The largest absolute Gasteiger partial charge is 0.449 e. The van der Waals surface area contributed by atoms with Crippen molar-refractivity contribution in [2.24, 2.45) is 5.92 Å². The first-order valence-electron chi connectivity index (χ1n) is 17.4. The fourth-order valence-corrected chi connectivity index (χ4v) is 6.39. The van der Waals surface area contributed by atoms with E-state index in [2.05, 4.69) is 22.8 Å². The minimum Gasteiger partial charge on any atom is -0.449 e. The van der Waals surface area contributed by atoms with Crippen LogP contribution in [-0.4, -0.2) is 82.8 Å². The number of rotatable bonds is 9. The Balaban J connectivity index is 1.24. The Hall–Kier alpha value is -5.10. The van der Waals surface area contributed by atoms with Crippen LogP contribution in [-0.2, 0) is 25.6 Å². The summed E-state index contributed by atoms with van der Waals surface area (Å²) in [6.07, 6.45) is -3.27. The highest BCUT2D eigenvalue weighted by atomic mass is 16.6. The minimum absolute atomic E-state index is 0.0335. The molecular weight excluding hydrogens is 652 g/mol. The van der Waals surface area contributed by atoms with Gasteiger partial charge in [0, 0.05) is 12.5 Å². The zero-order valence-electron chi connectivity index (χ0n) is 29.8. The van der Waals surface area contributed by atoms with Crippen molar-refractivity contribution in [3.05, 3.63) is 95.6 Å². The maximum atomic E-state index is 13.7. The van der Waals surface area contributed by atoms with Gasteiger partial charge in [-0.15, -0.1) is 0 Å². The Kier molecular flexibility index (Phi) is 11.9. The highest BCUT2D eigenvalue weighted by Gasteiger charge is 2.39. The number of aliphatic hydroxyl groups is 1. The number of carbonyl (C=O) groups is 4. The number of aliphatic hydroxyl groups excluding tert-OH is 1. The van der Waals surface area contributed by atoms with E-state index in [0.29, 0.717) is 6.42 Å². The van der Waals surface area contributed by atoms with Gasteiger partial charge in [-0.3, -0.25) is 4.79 Å². The molecule has 3 atom stereocenters. The predicted molar refractivity (Wildman–Crippen MR) is 190 cm³/mol. The number of hydrogen-bond acceptors (Lipinski definition) is 8. The van der Waals surface area contributed by atoms with Gasteiger partial charge in [-0.2, -0.15) is 0 Å². The maximum Gasteiger partial charge on any atom is 0.429 e. The summed E-state index contributed by atoms with van der Waals surface area (Å²) < 4.78 is 16.8. The van der Waals surface area contributed by atoms with Gasteiger partial charge in [0.25, 0.3) is 0 Å². The summed E-state index contributed by atoms with van der Waals surface area (Å²) in [5, 5.41) is 19.0. The molecule has 1 aliphatic heterocycles. The maximum absolute atomic E-state index is 13.7. The van der Waals surface area contributed by atoms with Crippen LogP contribution in [0.3, 0.4) is 0 Å². The molecular formula is C39H48N4O8. The van der Waals surface area contributed by atoms with Gasteiger partial charge in [-0.05, 0) is 67.3 Å². The Bertz CT molecular complexity index is 1650. The Morgan fingerprint density at radius 1 is 0.843 bits per heavy atom. The number of hydrogen-bond donors (Lipinski definition) is 3. The summed E-state index contributed by atoms with van der Waals surface area (Å²) in [5.74, 6) is -0.631. The number of benzene rings is 3. The first kappa shape index (κ1) is 37.2. The number of nitrogens with zero attached hydrogens (tertiary/aromatic N) is 2. The summed E-state index contributed by atoms with van der Waals surface area (Å²) in [7, 11) is 0. The topological polar surface area (TPSA) is 147 Å². The lowest BCUT2D eigenvalue weighted by molar-refractivity contribution is -0.125. The van der Waals surface area contributed by atoms with Crippen molar-refractivity contribution in [2.75, 3.05) is 19.7 Å². The molecule has 12 heteroatoms. The molecule has 1 aliphatic carbocycles. The van der Waals surface area contributed by atoms with E-state index in [-0.39, 0.29) is 44.6 Å². The van der Waals surface area contributed by atoms with Crippen LogP contribution in [0.25, 0.3) is 11.1 Å². The second-order valence-electron chi connectivity index (χ2n) is 14.3. The zero-order valence-corrected chi connectivity index (χ0v) is 29.8. The first-order valence-corrected chi connectivity index (χ1v) is 17.4. The molecule has 2 unspecified atom stereocenters. The van der Waals surface area contributed by atoms with Crippen molar-refractivity contribution in [3.63, 3.8) is 0 Å². The number of nitrogens with one attached hydrogen (secondary N) is 2. The van der Waals surface area contributed by atoms with Crippen LogP contribution in [0.5, 0.6) is 0 Å². The number of alkyl carbamates (subject to hydrolysis) is 1. The fourth-order valence-electron chi connectivity index (χ4n) is 6.39. The van der Waals surface area contributed by atoms with E-state index in [1.807, 2.05) is 68.4 Å². The van der Waals surface area contributed by atoms with E-state index < -0.39 is 48.0 Å². The van der Waals surface area contributed by atoms with Crippen molar-refractivity contribution in [3.8, 4) is 11.1 Å². The number of carbonyl (C=O) groups excluding carboxylic acids is 4. The standard InChI is InChI=1S/C39H48N4O8/c1-25(2)21-33(41-36(46)49-24-31-29-17-11-9-15-27(29)28-16-10-12-18-30(28)31)35(45)40-32-19-20-42(38(48)51-39(3,4)5)43(22-34(32)44)37(47)50-23-26-13-7-6-8-14-26/h6-18,25,31-34,44H,19-24H2,1-5H3,(H,40,45)(H,41,46)/t32?,33-,34?/m0/s1. The molecule has 2 aliphatic rings. The van der Waals surface area contributed by atoms with E-state index in [4.69, 9.17) is 14.2 Å². The quantitative estimate of drug-likeness (QED) is 0.231. The number of amides is 4. The molecule has 272 valence electrons. The average Bonchev–Trinajstić information content (AvgIpc) is 3.31. The van der Waals surface area contributed by atoms with E-state index in [9.17, 15) is 24.3 Å². The van der Waals surface area contributed by atoms with Crippen LogP contribution in [0.4, 0.5) is 14.4 Å². The first-order chi connectivity index (χ1) is 24.3. The van der Waals surface area contributed by atoms with Crippen molar-refractivity contribution < 1.29 is 38.5 Å². The molecule has 5 rings (SSSR count). The fraction of sp³-hybridized carbons (Fsp3) is 0.436. The van der Waals surface area contributed by atoms with Gasteiger partial charge < -0.3 is 30.0 Å². The molecule has 4 amide bonds. The highest BCUT2D eigenvalue weighted by molar-refractivity contribution is 5.86. The molecule has 3 aromatic carbocycles. The zero-order chi connectivity index (χ0) is 36.7. The molecule has 0 saturated carbocycles. The molecule has 1 heterocycles. The second kappa shape index (κ2) is 16.3. The average molecular weight is 701 g/mol. The van der Waals surface area contributed by atoms with Crippen LogP contribution in [0.1, 0.15) is 70.1 Å². The number of hydrazine groups is 1. The third-order valence-electron chi connectivity index (χ3n) is 8.77. The lowest BCUT2D eigenvalue weighted by Gasteiger charge is -2.34. The van der Waals surface area contributed by atoms with Crippen molar-refractivity contribution in [2.45, 2.75) is 83.8 Å². The molecule has 1 saturated heterocycles. The molecule has 0 radical (unpaired) electrons. The third kappa shape index (κ3) is 9.57. The SMILES string of the molecule is CC(C)C[C@H](NC(=O)OCC1c2ccccc2-c2ccccc21)C(=O)NC1CCN(C(=O)OC(C)(C)C)N(C(=O)OCc2ccccc2)CC1O. The van der Waals surface area contributed by atoms with Gasteiger partial charge in [-0.1, -0.05) is 92.7 Å². The molecule has 3 N–H and O–H groups in total. The van der Waals surface area contributed by atoms with Gasteiger partial charge in [0.05, 0.1) is 18.7 Å². The summed E-state index contributed by atoms with van der Waals surface area (Å²) >= 11 is 0. The normalized spacial score (nSPS) is 17.9. The lowest BCUT2D eigenvalue weighted by atomic mass is 9.98. The molecule has 3 aromatic rings.